The third-order valence-electron chi connectivity index (χ3n) is 2.73. The summed E-state index contributed by atoms with van der Waals surface area (Å²) in [7, 11) is 0. The molecule has 0 aliphatic carbocycles. The van der Waals surface area contributed by atoms with E-state index < -0.39 is 0 Å². The smallest absolute Gasteiger partial charge is 0.194 e. The van der Waals surface area contributed by atoms with Gasteiger partial charge in [0, 0.05) is 0 Å². The average molecular weight is 226 g/mol. The van der Waals surface area contributed by atoms with Crippen molar-refractivity contribution in [3.63, 3.8) is 0 Å². The number of anilines is 1. The molecular weight excluding hydrogens is 216 g/mol. The highest BCUT2D eigenvalue weighted by Gasteiger charge is 2.15. The number of fused-ring (bicyclic) bond motifs is 1. The molecule has 4 heteroatoms. The Kier molecular flexibility index (Phi) is 2.01. The number of hydrogen-bond acceptors (Lipinski definition) is 4. The zero-order chi connectivity index (χ0) is 11.8. The van der Waals surface area contributed by atoms with Crippen molar-refractivity contribution in [1.82, 2.24) is 5.16 Å². The largest absolute Gasteiger partial charge is 0.507 e. The van der Waals surface area contributed by atoms with Gasteiger partial charge in [-0.05, 0) is 16.8 Å². The normalized spacial score (nSPS) is 10.8. The van der Waals surface area contributed by atoms with Gasteiger partial charge in [-0.2, -0.15) is 0 Å². The summed E-state index contributed by atoms with van der Waals surface area (Å²) in [5.41, 5.74) is 6.76. The predicted octanol–water partition coefficient (Wildman–Crippen LogP) is 2.78. The van der Waals surface area contributed by atoms with E-state index in [4.69, 9.17) is 10.3 Å². The molecule has 3 rings (SSSR count). The van der Waals surface area contributed by atoms with Crippen LogP contribution in [0, 0.1) is 0 Å². The van der Waals surface area contributed by atoms with Crippen molar-refractivity contribution in [1.29, 1.82) is 0 Å². The van der Waals surface area contributed by atoms with Crippen LogP contribution in [0.5, 0.6) is 5.75 Å². The SMILES string of the molecule is Nc1cnoc1-c1c(O)ccc2ccccc12. The number of nitrogens with two attached hydrogens (primary N) is 1. The second-order valence-electron chi connectivity index (χ2n) is 3.79. The van der Waals surface area contributed by atoms with Gasteiger partial charge in [0.2, 0.25) is 0 Å². The van der Waals surface area contributed by atoms with Crippen LogP contribution in [0.25, 0.3) is 22.1 Å². The number of rotatable bonds is 1. The molecule has 0 amide bonds. The van der Waals surface area contributed by atoms with Gasteiger partial charge in [0.15, 0.2) is 5.76 Å². The third-order valence-corrected chi connectivity index (χ3v) is 2.73. The summed E-state index contributed by atoms with van der Waals surface area (Å²) >= 11 is 0. The molecule has 4 nitrogen and oxygen atoms in total. The zero-order valence-electron chi connectivity index (χ0n) is 8.92. The number of hydrogen-bond donors (Lipinski definition) is 2. The molecule has 0 saturated heterocycles. The first-order valence-electron chi connectivity index (χ1n) is 5.18. The Morgan fingerprint density at radius 3 is 2.71 bits per heavy atom. The first-order chi connectivity index (χ1) is 8.27. The van der Waals surface area contributed by atoms with Crippen LogP contribution < -0.4 is 5.73 Å². The summed E-state index contributed by atoms with van der Waals surface area (Å²) in [6, 6.07) is 11.2. The van der Waals surface area contributed by atoms with Crippen LogP contribution in [-0.4, -0.2) is 10.3 Å². The van der Waals surface area contributed by atoms with Crippen LogP contribution in [0.1, 0.15) is 0 Å². The van der Waals surface area contributed by atoms with E-state index in [1.807, 2.05) is 30.3 Å². The van der Waals surface area contributed by atoms with Gasteiger partial charge in [0.05, 0.1) is 11.8 Å². The molecule has 0 radical (unpaired) electrons. The number of phenolic OH excluding ortho intramolecular Hbond substituents is 1. The summed E-state index contributed by atoms with van der Waals surface area (Å²) in [4.78, 5) is 0. The van der Waals surface area contributed by atoms with E-state index >= 15 is 0 Å². The lowest BCUT2D eigenvalue weighted by Gasteiger charge is -2.06. The highest BCUT2D eigenvalue weighted by Crippen LogP contribution is 2.38. The summed E-state index contributed by atoms with van der Waals surface area (Å²) in [5.74, 6) is 0.534. The fraction of sp³-hybridized carbons (Fsp3) is 0. The van der Waals surface area contributed by atoms with Crippen LogP contribution in [0.4, 0.5) is 5.69 Å². The monoisotopic (exact) mass is 226 g/mol. The summed E-state index contributed by atoms with van der Waals surface area (Å²) < 4.78 is 5.10. The molecule has 0 aliphatic heterocycles. The maximum atomic E-state index is 9.96. The van der Waals surface area contributed by atoms with E-state index in [0.29, 0.717) is 17.0 Å². The van der Waals surface area contributed by atoms with E-state index in [9.17, 15) is 5.11 Å². The summed E-state index contributed by atoms with van der Waals surface area (Å²) in [6.45, 7) is 0. The molecule has 0 atom stereocenters. The molecule has 1 aromatic heterocycles. The summed E-state index contributed by atoms with van der Waals surface area (Å²) in [6.07, 6.45) is 1.43. The maximum Gasteiger partial charge on any atom is 0.194 e. The summed E-state index contributed by atoms with van der Waals surface area (Å²) in [5, 5.41) is 15.5. The second kappa shape index (κ2) is 3.52. The number of aromatic nitrogens is 1. The van der Waals surface area contributed by atoms with Crippen LogP contribution >= 0.6 is 0 Å². The van der Waals surface area contributed by atoms with Crippen molar-refractivity contribution >= 4 is 16.5 Å². The number of nitrogen functional groups attached to an aromatic ring is 1. The molecule has 3 N–H and O–H groups in total. The molecule has 2 aromatic carbocycles. The number of benzene rings is 2. The molecule has 0 unspecified atom stereocenters. The minimum Gasteiger partial charge on any atom is -0.507 e. The quantitative estimate of drug-likeness (QED) is 0.669. The van der Waals surface area contributed by atoms with Gasteiger partial charge in [-0.1, -0.05) is 35.5 Å². The van der Waals surface area contributed by atoms with Crippen molar-refractivity contribution in [2.45, 2.75) is 0 Å². The van der Waals surface area contributed by atoms with Gasteiger partial charge in [-0.15, -0.1) is 0 Å². The molecular formula is C13H10N2O2. The number of phenols is 1. The van der Waals surface area contributed by atoms with Gasteiger partial charge in [0.25, 0.3) is 0 Å². The fourth-order valence-corrected chi connectivity index (χ4v) is 1.94. The van der Waals surface area contributed by atoms with Gasteiger partial charge >= 0.3 is 0 Å². The molecule has 0 spiro atoms. The van der Waals surface area contributed by atoms with Crippen molar-refractivity contribution < 1.29 is 9.63 Å². The number of nitrogens with zero attached hydrogens (tertiary/aromatic N) is 1. The molecule has 0 bridgehead atoms. The lowest BCUT2D eigenvalue weighted by molar-refractivity contribution is 0.427. The standard InChI is InChI=1S/C13H10N2O2/c14-10-7-15-17-13(10)12-9-4-2-1-3-8(9)5-6-11(12)16/h1-7,16H,14H2. The molecule has 1 heterocycles. The average Bonchev–Trinajstić information content (AvgIpc) is 2.75. The molecule has 17 heavy (non-hydrogen) atoms. The fourth-order valence-electron chi connectivity index (χ4n) is 1.94. The van der Waals surface area contributed by atoms with E-state index in [1.54, 1.807) is 6.07 Å². The van der Waals surface area contributed by atoms with E-state index in [-0.39, 0.29) is 5.75 Å². The van der Waals surface area contributed by atoms with Crippen LogP contribution in [0.15, 0.2) is 47.1 Å². The van der Waals surface area contributed by atoms with Gasteiger partial charge < -0.3 is 15.4 Å². The van der Waals surface area contributed by atoms with Crippen molar-refractivity contribution in [3.8, 4) is 17.1 Å². The Labute approximate surface area is 97.3 Å². The Balaban J connectivity index is 2.42. The zero-order valence-corrected chi connectivity index (χ0v) is 8.92. The Morgan fingerprint density at radius 1 is 1.12 bits per heavy atom. The van der Waals surface area contributed by atoms with Gasteiger partial charge in [-0.3, -0.25) is 0 Å². The second-order valence-corrected chi connectivity index (χ2v) is 3.79. The van der Waals surface area contributed by atoms with Crippen molar-refractivity contribution in [3.05, 3.63) is 42.6 Å². The maximum absolute atomic E-state index is 9.96. The molecule has 84 valence electrons. The highest BCUT2D eigenvalue weighted by molar-refractivity contribution is 6.00. The highest BCUT2D eigenvalue weighted by atomic mass is 16.5. The topological polar surface area (TPSA) is 72.3 Å². The molecule has 0 saturated carbocycles. The van der Waals surface area contributed by atoms with Crippen molar-refractivity contribution in [2.24, 2.45) is 0 Å². The Hall–Kier alpha value is -2.49. The van der Waals surface area contributed by atoms with Crippen LogP contribution in [-0.2, 0) is 0 Å². The minimum atomic E-state index is 0.132. The number of aromatic hydroxyl groups is 1. The van der Waals surface area contributed by atoms with Gasteiger partial charge in [0.1, 0.15) is 11.4 Å². The first-order valence-corrected chi connectivity index (χ1v) is 5.18. The minimum absolute atomic E-state index is 0.132. The molecule has 0 fully saturated rings. The van der Waals surface area contributed by atoms with Crippen molar-refractivity contribution in [2.75, 3.05) is 5.73 Å². The van der Waals surface area contributed by atoms with E-state index in [0.717, 1.165) is 10.8 Å². The third kappa shape index (κ3) is 1.42. The van der Waals surface area contributed by atoms with Crippen LogP contribution in [0.3, 0.4) is 0 Å². The molecule has 0 aliphatic rings. The van der Waals surface area contributed by atoms with Gasteiger partial charge in [-0.25, -0.2) is 0 Å². The Morgan fingerprint density at radius 2 is 1.94 bits per heavy atom. The lowest BCUT2D eigenvalue weighted by atomic mass is 10.0. The first kappa shape index (κ1) is 9.72. The van der Waals surface area contributed by atoms with E-state index in [2.05, 4.69) is 5.16 Å². The van der Waals surface area contributed by atoms with E-state index in [1.165, 1.54) is 6.20 Å². The molecule has 3 aromatic rings. The Bertz CT molecular complexity index is 689. The lowest BCUT2D eigenvalue weighted by Crippen LogP contribution is -1.87. The van der Waals surface area contributed by atoms with Crippen LogP contribution in [0.2, 0.25) is 0 Å². The predicted molar refractivity (Wildman–Crippen MR) is 65.5 cm³/mol.